The molecule has 1 aliphatic rings. The number of carbonyl (C=O) groups is 1. The second-order valence-corrected chi connectivity index (χ2v) is 5.68. The minimum absolute atomic E-state index is 0.255. The number of rotatable bonds is 5. The van der Waals surface area contributed by atoms with Gasteiger partial charge in [-0.05, 0) is 43.7 Å². The van der Waals surface area contributed by atoms with Crippen molar-refractivity contribution in [2.75, 3.05) is 13.1 Å². The number of piperidine rings is 1. The van der Waals surface area contributed by atoms with Crippen molar-refractivity contribution in [2.24, 2.45) is 0 Å². The van der Waals surface area contributed by atoms with Gasteiger partial charge < -0.3 is 10.2 Å². The maximum absolute atomic E-state index is 12.3. The highest BCUT2D eigenvalue weighted by atomic mass is 16.2. The Bertz CT molecular complexity index is 444. The Kier molecular flexibility index (Phi) is 5.60. The van der Waals surface area contributed by atoms with Crippen LogP contribution in [0.15, 0.2) is 24.3 Å². The van der Waals surface area contributed by atoms with Gasteiger partial charge in [-0.1, -0.05) is 31.2 Å². The summed E-state index contributed by atoms with van der Waals surface area (Å²) in [4.78, 5) is 14.4. The molecule has 1 unspecified atom stereocenters. The summed E-state index contributed by atoms with van der Waals surface area (Å²) in [6.07, 6.45) is 4.66. The van der Waals surface area contributed by atoms with Crippen LogP contribution in [0.1, 0.15) is 43.7 Å². The molecule has 0 saturated carbocycles. The summed E-state index contributed by atoms with van der Waals surface area (Å²) in [7, 11) is 0. The standard InChI is InChI=1S/C17H26N2O/c1-3-16-10-6-7-11-19(16)17(20)13-18-12-15-9-5-4-8-14(15)2/h4-5,8-9,16,18H,3,6-7,10-13H2,1-2H3. The van der Waals surface area contributed by atoms with Gasteiger partial charge in [0.15, 0.2) is 0 Å². The minimum Gasteiger partial charge on any atom is -0.339 e. The van der Waals surface area contributed by atoms with Crippen LogP contribution in [-0.4, -0.2) is 29.9 Å². The first-order valence-corrected chi connectivity index (χ1v) is 7.77. The third-order valence-electron chi connectivity index (χ3n) is 4.27. The quantitative estimate of drug-likeness (QED) is 0.895. The van der Waals surface area contributed by atoms with Gasteiger partial charge in [0.05, 0.1) is 6.54 Å². The van der Waals surface area contributed by atoms with Gasteiger partial charge in [-0.15, -0.1) is 0 Å². The number of amides is 1. The Morgan fingerprint density at radius 3 is 2.90 bits per heavy atom. The Labute approximate surface area is 122 Å². The van der Waals surface area contributed by atoms with E-state index in [1.54, 1.807) is 0 Å². The lowest BCUT2D eigenvalue weighted by atomic mass is 10.00. The predicted octanol–water partition coefficient (Wildman–Crippen LogP) is 2.88. The van der Waals surface area contributed by atoms with Crippen molar-refractivity contribution in [3.63, 3.8) is 0 Å². The van der Waals surface area contributed by atoms with Crippen LogP contribution in [-0.2, 0) is 11.3 Å². The monoisotopic (exact) mass is 274 g/mol. The summed E-state index contributed by atoms with van der Waals surface area (Å²) in [5.41, 5.74) is 2.54. The van der Waals surface area contributed by atoms with Crippen molar-refractivity contribution in [3.8, 4) is 0 Å². The van der Waals surface area contributed by atoms with E-state index in [0.29, 0.717) is 12.6 Å². The lowest BCUT2D eigenvalue weighted by molar-refractivity contribution is -0.134. The maximum Gasteiger partial charge on any atom is 0.236 e. The van der Waals surface area contributed by atoms with Crippen molar-refractivity contribution in [3.05, 3.63) is 35.4 Å². The number of nitrogens with zero attached hydrogens (tertiary/aromatic N) is 1. The molecule has 1 aromatic carbocycles. The van der Waals surface area contributed by atoms with Gasteiger partial charge in [0.2, 0.25) is 5.91 Å². The number of hydrogen-bond acceptors (Lipinski definition) is 2. The molecule has 1 N–H and O–H groups in total. The normalized spacial score (nSPS) is 19.1. The van der Waals surface area contributed by atoms with Crippen LogP contribution < -0.4 is 5.32 Å². The van der Waals surface area contributed by atoms with Crippen LogP contribution in [0.3, 0.4) is 0 Å². The first-order valence-electron chi connectivity index (χ1n) is 7.77. The first-order chi connectivity index (χ1) is 9.72. The summed E-state index contributed by atoms with van der Waals surface area (Å²) >= 11 is 0. The molecule has 110 valence electrons. The molecule has 0 radical (unpaired) electrons. The van der Waals surface area contributed by atoms with Gasteiger partial charge in [0, 0.05) is 19.1 Å². The molecule has 1 amide bonds. The average Bonchev–Trinajstić information content (AvgIpc) is 2.49. The fraction of sp³-hybridized carbons (Fsp3) is 0.588. The van der Waals surface area contributed by atoms with E-state index in [2.05, 4.69) is 36.2 Å². The van der Waals surface area contributed by atoms with Crippen molar-refractivity contribution in [2.45, 2.75) is 52.1 Å². The summed E-state index contributed by atoms with van der Waals surface area (Å²) in [6, 6.07) is 8.77. The maximum atomic E-state index is 12.3. The van der Waals surface area contributed by atoms with Crippen LogP contribution in [0.4, 0.5) is 0 Å². The molecular weight excluding hydrogens is 248 g/mol. The van der Waals surface area contributed by atoms with Crippen LogP contribution in [0.25, 0.3) is 0 Å². The molecule has 3 heteroatoms. The molecule has 1 saturated heterocycles. The molecule has 0 aromatic heterocycles. The molecule has 3 nitrogen and oxygen atoms in total. The number of carbonyl (C=O) groups excluding carboxylic acids is 1. The van der Waals surface area contributed by atoms with E-state index in [-0.39, 0.29) is 5.91 Å². The first kappa shape index (κ1) is 15.0. The fourth-order valence-electron chi connectivity index (χ4n) is 2.97. The SMILES string of the molecule is CCC1CCCCN1C(=O)CNCc1ccccc1C. The van der Waals surface area contributed by atoms with Crippen molar-refractivity contribution < 1.29 is 4.79 Å². The zero-order chi connectivity index (χ0) is 14.4. The van der Waals surface area contributed by atoms with E-state index in [1.165, 1.54) is 24.0 Å². The van der Waals surface area contributed by atoms with Gasteiger partial charge in [0.1, 0.15) is 0 Å². The third kappa shape index (κ3) is 3.83. The molecular formula is C17H26N2O. The second-order valence-electron chi connectivity index (χ2n) is 5.68. The van der Waals surface area contributed by atoms with Gasteiger partial charge in [-0.3, -0.25) is 4.79 Å². The highest BCUT2D eigenvalue weighted by Crippen LogP contribution is 2.19. The van der Waals surface area contributed by atoms with E-state index in [1.807, 2.05) is 12.1 Å². The molecule has 1 aromatic rings. The molecule has 1 heterocycles. The third-order valence-corrected chi connectivity index (χ3v) is 4.27. The minimum atomic E-state index is 0.255. The predicted molar refractivity (Wildman–Crippen MR) is 82.5 cm³/mol. The van der Waals surface area contributed by atoms with E-state index in [0.717, 1.165) is 25.9 Å². The second kappa shape index (κ2) is 7.44. The van der Waals surface area contributed by atoms with Crippen LogP contribution in [0, 0.1) is 6.92 Å². The highest BCUT2D eigenvalue weighted by Gasteiger charge is 2.24. The zero-order valence-electron chi connectivity index (χ0n) is 12.7. The molecule has 20 heavy (non-hydrogen) atoms. The van der Waals surface area contributed by atoms with E-state index in [9.17, 15) is 4.79 Å². The summed E-state index contributed by atoms with van der Waals surface area (Å²) < 4.78 is 0. The Morgan fingerprint density at radius 1 is 1.35 bits per heavy atom. The number of benzene rings is 1. The van der Waals surface area contributed by atoms with Crippen molar-refractivity contribution in [1.29, 1.82) is 0 Å². The molecule has 0 bridgehead atoms. The molecule has 1 aliphatic heterocycles. The molecule has 0 aliphatic carbocycles. The number of aryl methyl sites for hydroxylation is 1. The van der Waals surface area contributed by atoms with Crippen LogP contribution >= 0.6 is 0 Å². The topological polar surface area (TPSA) is 32.3 Å². The smallest absolute Gasteiger partial charge is 0.236 e. The van der Waals surface area contributed by atoms with E-state index in [4.69, 9.17) is 0 Å². The lowest BCUT2D eigenvalue weighted by Crippen LogP contribution is -2.46. The molecule has 1 atom stereocenters. The number of hydrogen-bond donors (Lipinski definition) is 1. The van der Waals surface area contributed by atoms with Crippen molar-refractivity contribution >= 4 is 5.91 Å². The molecule has 2 rings (SSSR count). The van der Waals surface area contributed by atoms with Gasteiger partial charge in [-0.25, -0.2) is 0 Å². The van der Waals surface area contributed by atoms with Gasteiger partial charge in [-0.2, -0.15) is 0 Å². The fourth-order valence-corrected chi connectivity index (χ4v) is 2.97. The van der Waals surface area contributed by atoms with Gasteiger partial charge >= 0.3 is 0 Å². The van der Waals surface area contributed by atoms with Crippen LogP contribution in [0.5, 0.6) is 0 Å². The molecule has 0 spiro atoms. The number of likely N-dealkylation sites (tertiary alicyclic amines) is 1. The van der Waals surface area contributed by atoms with Crippen LogP contribution in [0.2, 0.25) is 0 Å². The van der Waals surface area contributed by atoms with Gasteiger partial charge in [0.25, 0.3) is 0 Å². The molecule has 1 fully saturated rings. The highest BCUT2D eigenvalue weighted by molar-refractivity contribution is 5.78. The lowest BCUT2D eigenvalue weighted by Gasteiger charge is -2.35. The summed E-state index contributed by atoms with van der Waals surface area (Å²) in [5, 5.41) is 3.29. The average molecular weight is 274 g/mol. The zero-order valence-corrected chi connectivity index (χ0v) is 12.7. The largest absolute Gasteiger partial charge is 0.339 e. The summed E-state index contributed by atoms with van der Waals surface area (Å²) in [5.74, 6) is 0.255. The van der Waals surface area contributed by atoms with E-state index >= 15 is 0 Å². The van der Waals surface area contributed by atoms with Crippen molar-refractivity contribution in [1.82, 2.24) is 10.2 Å². The Hall–Kier alpha value is -1.35. The number of nitrogens with one attached hydrogen (secondary N) is 1. The Morgan fingerprint density at radius 2 is 2.15 bits per heavy atom. The summed E-state index contributed by atoms with van der Waals surface area (Å²) in [6.45, 7) is 6.44. The Balaban J connectivity index is 1.81. The van der Waals surface area contributed by atoms with E-state index < -0.39 is 0 Å².